The van der Waals surface area contributed by atoms with Crippen LogP contribution in [0.2, 0.25) is 0 Å². The molecule has 1 aliphatic carbocycles. The molecule has 0 saturated heterocycles. The van der Waals surface area contributed by atoms with Gasteiger partial charge in [0, 0.05) is 22.5 Å². The largest absolute Gasteiger partial charge is 0.494 e. The van der Waals surface area contributed by atoms with E-state index < -0.39 is 9.73 Å². The summed E-state index contributed by atoms with van der Waals surface area (Å²) in [6, 6.07) is 11.8. The molecule has 0 aromatic heterocycles. The zero-order valence-electron chi connectivity index (χ0n) is 17.4. The molecule has 0 spiro atoms. The van der Waals surface area contributed by atoms with Gasteiger partial charge in [0.1, 0.15) is 11.4 Å². The number of methoxy groups -OCH3 is 1. The Morgan fingerprint density at radius 2 is 1.93 bits per heavy atom. The second-order valence-corrected chi connectivity index (χ2v) is 10.7. The monoisotopic (exact) mass is 395 g/mol. The minimum atomic E-state index is -2.52. The summed E-state index contributed by atoms with van der Waals surface area (Å²) in [6.07, 6.45) is 3.46. The van der Waals surface area contributed by atoms with Crippen molar-refractivity contribution in [2.75, 3.05) is 12.9 Å². The lowest BCUT2D eigenvalue weighted by molar-refractivity contribution is 0.391. The van der Waals surface area contributed by atoms with Crippen LogP contribution in [-0.2, 0) is 9.73 Å². The van der Waals surface area contributed by atoms with Gasteiger partial charge in [0.25, 0.3) is 0 Å². The van der Waals surface area contributed by atoms with Gasteiger partial charge in [-0.2, -0.15) is 4.36 Å². The number of hydrogen-bond acceptors (Lipinski definition) is 3. The van der Waals surface area contributed by atoms with Crippen LogP contribution in [0.3, 0.4) is 0 Å². The van der Waals surface area contributed by atoms with Crippen LogP contribution in [0.4, 0.5) is 5.69 Å². The highest BCUT2D eigenvalue weighted by atomic mass is 32.2. The van der Waals surface area contributed by atoms with E-state index in [9.17, 15) is 4.21 Å². The highest BCUT2D eigenvalue weighted by molar-refractivity contribution is 7.93. The van der Waals surface area contributed by atoms with Gasteiger partial charge in [-0.25, -0.2) is 4.21 Å². The van der Waals surface area contributed by atoms with Gasteiger partial charge in [-0.15, -0.1) is 0 Å². The van der Waals surface area contributed by atoms with Crippen LogP contribution in [0.5, 0.6) is 5.75 Å². The highest BCUT2D eigenvalue weighted by Crippen LogP contribution is 2.55. The van der Waals surface area contributed by atoms with E-state index in [4.69, 9.17) is 9.10 Å². The molecule has 0 amide bonds. The van der Waals surface area contributed by atoms with E-state index in [0.29, 0.717) is 17.6 Å². The number of ether oxygens (including phenoxy) is 1. The highest BCUT2D eigenvalue weighted by Gasteiger charge is 2.41. The molecule has 0 saturated carbocycles. The van der Waals surface area contributed by atoms with Crippen molar-refractivity contribution < 1.29 is 8.95 Å². The number of aryl methyl sites for hydroxylation is 1. The van der Waals surface area contributed by atoms with Gasteiger partial charge in [0.05, 0.1) is 16.8 Å². The van der Waals surface area contributed by atoms with Gasteiger partial charge < -0.3 is 4.74 Å². The second kappa shape index (κ2) is 7.07. The molecule has 4 rings (SSSR count). The van der Waals surface area contributed by atoms with Gasteiger partial charge in [-0.1, -0.05) is 36.8 Å². The van der Waals surface area contributed by atoms with Crippen LogP contribution >= 0.6 is 0 Å². The molecule has 0 N–H and O–H groups in total. The first-order chi connectivity index (χ1) is 13.3. The molecule has 4 atom stereocenters. The lowest BCUT2D eigenvalue weighted by Crippen LogP contribution is -2.30. The van der Waals surface area contributed by atoms with Crippen LogP contribution in [0, 0.1) is 12.8 Å². The fourth-order valence-corrected chi connectivity index (χ4v) is 7.33. The lowest BCUT2D eigenvalue weighted by atomic mass is 9.69. The second-order valence-electron chi connectivity index (χ2n) is 8.45. The summed E-state index contributed by atoms with van der Waals surface area (Å²) in [7, 11) is -0.834. The number of nitrogens with zero attached hydrogens (tertiary/aromatic N) is 1. The molecule has 0 unspecified atom stereocenters. The van der Waals surface area contributed by atoms with E-state index in [0.717, 1.165) is 22.8 Å². The number of hydrogen-bond donors (Lipinski definition) is 0. The van der Waals surface area contributed by atoms with Crippen molar-refractivity contribution in [1.82, 2.24) is 0 Å². The molecule has 2 aromatic rings. The fourth-order valence-electron chi connectivity index (χ4n) is 4.91. The van der Waals surface area contributed by atoms with E-state index in [2.05, 4.69) is 39.8 Å². The third kappa shape index (κ3) is 3.08. The summed E-state index contributed by atoms with van der Waals surface area (Å²) in [5.74, 6) is 2.41. The van der Waals surface area contributed by atoms with E-state index in [1.807, 2.05) is 30.3 Å². The molecule has 28 heavy (non-hydrogen) atoms. The van der Waals surface area contributed by atoms with Crippen LogP contribution in [0.25, 0.3) is 0 Å². The number of allylic oxidation sites excluding steroid dienone is 2. The molecule has 148 valence electrons. The van der Waals surface area contributed by atoms with Crippen LogP contribution in [-0.4, -0.2) is 17.1 Å². The summed E-state index contributed by atoms with van der Waals surface area (Å²) in [5.41, 5.74) is 6.04. The maximum Gasteiger partial charge on any atom is 0.145 e. The van der Waals surface area contributed by atoms with Gasteiger partial charge in [-0.05, 0) is 68.0 Å². The van der Waals surface area contributed by atoms with Crippen LogP contribution in [0.1, 0.15) is 55.7 Å². The minimum Gasteiger partial charge on any atom is -0.494 e. The molecular weight excluding hydrogens is 366 g/mol. The Balaban J connectivity index is 2.04. The van der Waals surface area contributed by atoms with Crippen molar-refractivity contribution in [2.24, 2.45) is 10.3 Å². The van der Waals surface area contributed by atoms with Crippen molar-refractivity contribution in [3.05, 3.63) is 64.7 Å². The summed E-state index contributed by atoms with van der Waals surface area (Å²) in [5, 5.41) is 0. The SMILES string of the molecule is COc1cc(C)c2c3c1N=[S@](=O)(c1ccccc1)C[C@@H]3[C@@H](C)C[C@H]2C=C(C)C. The third-order valence-corrected chi connectivity index (χ3v) is 8.41. The predicted octanol–water partition coefficient (Wildman–Crippen LogP) is 6.35. The van der Waals surface area contributed by atoms with Gasteiger partial charge in [0.2, 0.25) is 0 Å². The Hall–Kier alpha value is -2.07. The molecule has 1 aliphatic heterocycles. The van der Waals surface area contributed by atoms with E-state index in [1.165, 1.54) is 22.3 Å². The number of benzene rings is 2. The Kier molecular flexibility index (Phi) is 4.86. The minimum absolute atomic E-state index is 0.241. The Morgan fingerprint density at radius 1 is 1.21 bits per heavy atom. The van der Waals surface area contributed by atoms with Crippen molar-refractivity contribution >= 4 is 15.4 Å². The summed E-state index contributed by atoms with van der Waals surface area (Å²) >= 11 is 0. The summed E-state index contributed by atoms with van der Waals surface area (Å²) in [4.78, 5) is 0.823. The maximum atomic E-state index is 14.0. The molecule has 3 nitrogen and oxygen atoms in total. The van der Waals surface area contributed by atoms with Crippen molar-refractivity contribution in [3.63, 3.8) is 0 Å². The third-order valence-electron chi connectivity index (χ3n) is 6.12. The predicted molar refractivity (Wildman–Crippen MR) is 116 cm³/mol. The van der Waals surface area contributed by atoms with Crippen LogP contribution < -0.4 is 4.74 Å². The van der Waals surface area contributed by atoms with Crippen LogP contribution in [0.15, 0.2) is 57.3 Å². The average Bonchev–Trinajstić information content (AvgIpc) is 2.66. The van der Waals surface area contributed by atoms with Gasteiger partial charge in [-0.3, -0.25) is 0 Å². The molecule has 0 radical (unpaired) electrons. The van der Waals surface area contributed by atoms with E-state index >= 15 is 0 Å². The molecule has 2 aliphatic rings. The maximum absolute atomic E-state index is 14.0. The Morgan fingerprint density at radius 3 is 2.57 bits per heavy atom. The molecular formula is C24H29NO2S. The smallest absolute Gasteiger partial charge is 0.145 e. The average molecular weight is 396 g/mol. The molecule has 0 bridgehead atoms. The van der Waals surface area contributed by atoms with Crippen molar-refractivity contribution in [3.8, 4) is 5.75 Å². The number of rotatable bonds is 3. The molecule has 2 aromatic carbocycles. The van der Waals surface area contributed by atoms with Crippen molar-refractivity contribution in [1.29, 1.82) is 0 Å². The topological polar surface area (TPSA) is 38.7 Å². The molecule has 1 heterocycles. The standard InChI is InChI=1S/C24H29NO2S/c1-15(2)11-18-12-16(3)20-14-28(26,19-9-7-6-8-10-19)25-24-21(27-5)13-17(4)22(18)23(20)24/h6-11,13,16,18,20H,12,14H2,1-5H3/t16-,18+,20+,28+/m0/s1. The summed E-state index contributed by atoms with van der Waals surface area (Å²) in [6.45, 7) is 8.79. The lowest BCUT2D eigenvalue weighted by Gasteiger charge is -2.40. The molecule has 0 fully saturated rings. The van der Waals surface area contributed by atoms with E-state index in [1.54, 1.807) is 7.11 Å². The first-order valence-electron chi connectivity index (χ1n) is 10.0. The Bertz CT molecular complexity index is 1060. The zero-order chi connectivity index (χ0) is 20.1. The zero-order valence-corrected chi connectivity index (χ0v) is 18.2. The van der Waals surface area contributed by atoms with Crippen molar-refractivity contribution in [2.45, 2.75) is 50.8 Å². The summed E-state index contributed by atoms with van der Waals surface area (Å²) < 4.78 is 24.6. The quantitative estimate of drug-likeness (QED) is 0.568. The van der Waals surface area contributed by atoms with E-state index in [-0.39, 0.29) is 5.92 Å². The van der Waals surface area contributed by atoms with Gasteiger partial charge >= 0.3 is 0 Å². The first-order valence-corrected chi connectivity index (χ1v) is 11.7. The first kappa shape index (κ1) is 19.3. The van der Waals surface area contributed by atoms with Gasteiger partial charge in [0.15, 0.2) is 0 Å². The Labute approximate surface area is 169 Å². The fraction of sp³-hybridized carbons (Fsp3) is 0.417. The molecule has 4 heteroatoms. The normalized spacial score (nSPS) is 28.1.